The third-order valence-electron chi connectivity index (χ3n) is 4.38. The molecule has 10 heteroatoms. The molecule has 2 heterocycles. The van der Waals surface area contributed by atoms with E-state index in [-0.39, 0.29) is 6.54 Å². The number of imide groups is 1. The van der Waals surface area contributed by atoms with Crippen LogP contribution >= 0.6 is 23.2 Å². The SMILES string of the molecule is O=C(CN1N=NC2C(=O)N(c3ccccc3)C(=O)C21)Nc1ccc(Cl)c(Cl)c1. The second kappa shape index (κ2) is 7.21. The number of carbonyl (C=O) groups is 3. The van der Waals surface area contributed by atoms with Crippen molar-refractivity contribution in [3.63, 3.8) is 0 Å². The Morgan fingerprint density at radius 2 is 1.79 bits per heavy atom. The van der Waals surface area contributed by atoms with Crippen LogP contribution in [0.5, 0.6) is 0 Å². The van der Waals surface area contributed by atoms with Crippen molar-refractivity contribution in [2.45, 2.75) is 12.1 Å². The molecule has 2 aliphatic rings. The van der Waals surface area contributed by atoms with Crippen LogP contribution in [0, 0.1) is 0 Å². The van der Waals surface area contributed by atoms with Crippen LogP contribution in [-0.2, 0) is 14.4 Å². The van der Waals surface area contributed by atoms with E-state index >= 15 is 0 Å². The lowest BCUT2D eigenvalue weighted by atomic mass is 10.1. The molecule has 0 spiro atoms. The van der Waals surface area contributed by atoms with Crippen LogP contribution in [0.25, 0.3) is 0 Å². The van der Waals surface area contributed by atoms with Crippen molar-refractivity contribution in [2.75, 3.05) is 16.8 Å². The Morgan fingerprint density at radius 1 is 1.04 bits per heavy atom. The number of carbonyl (C=O) groups excluding carboxylic acids is 3. The van der Waals surface area contributed by atoms with Crippen molar-refractivity contribution in [3.8, 4) is 0 Å². The third kappa shape index (κ3) is 3.21. The van der Waals surface area contributed by atoms with E-state index in [1.54, 1.807) is 42.5 Å². The van der Waals surface area contributed by atoms with Crippen molar-refractivity contribution in [2.24, 2.45) is 10.3 Å². The minimum Gasteiger partial charge on any atom is -0.324 e. The van der Waals surface area contributed by atoms with Gasteiger partial charge in [0, 0.05) is 5.69 Å². The van der Waals surface area contributed by atoms with Crippen molar-refractivity contribution >= 4 is 52.3 Å². The van der Waals surface area contributed by atoms with Gasteiger partial charge in [-0.3, -0.25) is 19.4 Å². The highest BCUT2D eigenvalue weighted by molar-refractivity contribution is 6.42. The van der Waals surface area contributed by atoms with Gasteiger partial charge in [-0.15, -0.1) is 0 Å². The number of benzene rings is 2. The summed E-state index contributed by atoms with van der Waals surface area (Å²) < 4.78 is 0. The highest BCUT2D eigenvalue weighted by Gasteiger charge is 2.55. The zero-order valence-corrected chi connectivity index (χ0v) is 15.8. The number of hydrogen-bond donors (Lipinski definition) is 1. The zero-order chi connectivity index (χ0) is 19.8. The standard InChI is InChI=1S/C18H13Cl2N5O3/c19-12-7-6-10(8-13(12)20)21-14(26)9-24-16-15(22-23-24)17(27)25(18(16)28)11-4-2-1-3-5-11/h1-8,15-16H,9H2,(H,21,26). The third-order valence-corrected chi connectivity index (χ3v) is 5.12. The summed E-state index contributed by atoms with van der Waals surface area (Å²) in [4.78, 5) is 38.8. The molecule has 2 aliphatic heterocycles. The van der Waals surface area contributed by atoms with E-state index < -0.39 is 29.8 Å². The first-order valence-corrected chi connectivity index (χ1v) is 9.06. The maximum Gasteiger partial charge on any atom is 0.263 e. The van der Waals surface area contributed by atoms with E-state index in [0.717, 1.165) is 4.90 Å². The molecular formula is C18H13Cl2N5O3. The number of nitrogens with one attached hydrogen (secondary N) is 1. The Morgan fingerprint density at radius 3 is 2.50 bits per heavy atom. The van der Waals surface area contributed by atoms with Crippen molar-refractivity contribution in [1.29, 1.82) is 0 Å². The monoisotopic (exact) mass is 417 g/mol. The van der Waals surface area contributed by atoms with Crippen molar-refractivity contribution in [1.82, 2.24) is 5.01 Å². The van der Waals surface area contributed by atoms with Gasteiger partial charge in [0.2, 0.25) is 5.91 Å². The number of halogens is 2. The Labute approximate surface area is 169 Å². The average molecular weight is 418 g/mol. The summed E-state index contributed by atoms with van der Waals surface area (Å²) in [6.45, 7) is -0.243. The summed E-state index contributed by atoms with van der Waals surface area (Å²) >= 11 is 11.8. The fourth-order valence-electron chi connectivity index (χ4n) is 3.11. The van der Waals surface area contributed by atoms with Crippen LogP contribution in [0.4, 0.5) is 11.4 Å². The molecule has 3 amide bonds. The number of amides is 3. The molecule has 2 atom stereocenters. The summed E-state index contributed by atoms with van der Waals surface area (Å²) in [7, 11) is 0. The molecule has 142 valence electrons. The van der Waals surface area contributed by atoms with E-state index in [1.165, 1.54) is 11.1 Å². The van der Waals surface area contributed by atoms with Gasteiger partial charge in [-0.05, 0) is 30.3 Å². The number of rotatable bonds is 4. The zero-order valence-electron chi connectivity index (χ0n) is 14.3. The molecule has 2 aromatic carbocycles. The molecule has 1 fully saturated rings. The predicted octanol–water partition coefficient (Wildman–Crippen LogP) is 2.93. The molecule has 4 rings (SSSR count). The van der Waals surface area contributed by atoms with Gasteiger partial charge >= 0.3 is 0 Å². The molecular weight excluding hydrogens is 405 g/mol. The van der Waals surface area contributed by atoms with Crippen LogP contribution in [0.3, 0.4) is 0 Å². The molecule has 2 aromatic rings. The number of nitrogens with zero attached hydrogens (tertiary/aromatic N) is 4. The summed E-state index contributed by atoms with van der Waals surface area (Å²) in [6, 6.07) is 11.3. The molecule has 1 N–H and O–H groups in total. The van der Waals surface area contributed by atoms with Gasteiger partial charge in [0.05, 0.1) is 15.7 Å². The lowest BCUT2D eigenvalue weighted by Crippen LogP contribution is -2.43. The number of hydrogen-bond acceptors (Lipinski definition) is 6. The van der Waals surface area contributed by atoms with E-state index in [2.05, 4.69) is 15.7 Å². The normalized spacial score (nSPS) is 20.6. The van der Waals surface area contributed by atoms with Gasteiger partial charge in [0.1, 0.15) is 6.54 Å². The molecule has 0 bridgehead atoms. The summed E-state index contributed by atoms with van der Waals surface area (Å²) in [6.07, 6.45) is 0. The van der Waals surface area contributed by atoms with Gasteiger partial charge in [-0.2, -0.15) is 5.11 Å². The summed E-state index contributed by atoms with van der Waals surface area (Å²) in [5.41, 5.74) is 0.911. The van der Waals surface area contributed by atoms with E-state index in [4.69, 9.17) is 23.2 Å². The molecule has 0 aliphatic carbocycles. The highest BCUT2D eigenvalue weighted by Crippen LogP contribution is 2.31. The topological polar surface area (TPSA) is 94.4 Å². The molecule has 0 saturated carbocycles. The lowest BCUT2D eigenvalue weighted by Gasteiger charge is -2.20. The first-order valence-electron chi connectivity index (χ1n) is 8.31. The summed E-state index contributed by atoms with van der Waals surface area (Å²) in [5, 5.41) is 12.3. The van der Waals surface area contributed by atoms with Gasteiger partial charge in [-0.1, -0.05) is 46.6 Å². The second-order valence-electron chi connectivity index (χ2n) is 6.22. The smallest absolute Gasteiger partial charge is 0.263 e. The minimum atomic E-state index is -0.953. The van der Waals surface area contributed by atoms with E-state index in [9.17, 15) is 14.4 Å². The number of para-hydroxylation sites is 1. The van der Waals surface area contributed by atoms with Crippen LogP contribution in [0.1, 0.15) is 0 Å². The van der Waals surface area contributed by atoms with Gasteiger partial charge in [0.15, 0.2) is 12.1 Å². The van der Waals surface area contributed by atoms with E-state index in [0.29, 0.717) is 21.4 Å². The van der Waals surface area contributed by atoms with Gasteiger partial charge in [-0.25, -0.2) is 4.90 Å². The Kier molecular flexibility index (Phi) is 4.74. The fourth-order valence-corrected chi connectivity index (χ4v) is 3.41. The van der Waals surface area contributed by atoms with Gasteiger partial charge in [0.25, 0.3) is 11.8 Å². The van der Waals surface area contributed by atoms with Crippen LogP contribution in [-0.4, -0.2) is 41.4 Å². The predicted molar refractivity (Wildman–Crippen MR) is 103 cm³/mol. The molecule has 1 saturated heterocycles. The maximum atomic E-state index is 12.8. The number of anilines is 2. The molecule has 8 nitrogen and oxygen atoms in total. The Hall–Kier alpha value is -2.97. The average Bonchev–Trinajstić information content (AvgIpc) is 3.19. The van der Waals surface area contributed by atoms with Gasteiger partial charge < -0.3 is 5.32 Å². The van der Waals surface area contributed by atoms with Crippen LogP contribution < -0.4 is 10.2 Å². The van der Waals surface area contributed by atoms with Crippen molar-refractivity contribution in [3.05, 3.63) is 58.6 Å². The first-order chi connectivity index (χ1) is 13.5. The largest absolute Gasteiger partial charge is 0.324 e. The van der Waals surface area contributed by atoms with E-state index in [1.807, 2.05) is 0 Å². The molecule has 0 aromatic heterocycles. The molecule has 0 radical (unpaired) electrons. The fraction of sp³-hybridized carbons (Fsp3) is 0.167. The quantitative estimate of drug-likeness (QED) is 0.773. The second-order valence-corrected chi connectivity index (χ2v) is 7.03. The number of fused-ring (bicyclic) bond motifs is 1. The Balaban J connectivity index is 1.47. The first kappa shape index (κ1) is 18.4. The van der Waals surface area contributed by atoms with Crippen LogP contribution in [0.15, 0.2) is 58.9 Å². The Bertz CT molecular complexity index is 998. The minimum absolute atomic E-state index is 0.243. The lowest BCUT2D eigenvalue weighted by molar-refractivity contribution is -0.123. The molecule has 28 heavy (non-hydrogen) atoms. The van der Waals surface area contributed by atoms with Crippen molar-refractivity contribution < 1.29 is 14.4 Å². The highest BCUT2D eigenvalue weighted by atomic mass is 35.5. The maximum absolute atomic E-state index is 12.8. The molecule has 2 unspecified atom stereocenters. The summed E-state index contributed by atoms with van der Waals surface area (Å²) in [5.74, 6) is -1.36. The van der Waals surface area contributed by atoms with Crippen LogP contribution in [0.2, 0.25) is 10.0 Å².